The Morgan fingerprint density at radius 3 is 2.53 bits per heavy atom. The number of hydrazine groups is 1. The van der Waals surface area contributed by atoms with Crippen molar-refractivity contribution < 1.29 is 37.3 Å². The Labute approximate surface area is 182 Å². The first-order chi connectivity index (χ1) is 14.8. The number of hydrogen-bond acceptors (Lipinski definition) is 12. The molecule has 1 amide bonds. The number of aliphatic hydroxyl groups is 2. The van der Waals surface area contributed by atoms with Crippen LogP contribution in [0.5, 0.6) is 0 Å². The summed E-state index contributed by atoms with van der Waals surface area (Å²) in [7, 11) is -2.88. The van der Waals surface area contributed by atoms with Crippen LogP contribution in [0.15, 0.2) is 6.33 Å². The highest BCUT2D eigenvalue weighted by Crippen LogP contribution is 2.33. The number of carbonyl (C=O) groups is 1. The highest BCUT2D eigenvalue weighted by atomic mass is 32.3. The molecule has 1 saturated heterocycles. The van der Waals surface area contributed by atoms with Crippen LogP contribution in [-0.4, -0.2) is 96.5 Å². The predicted octanol–water partition coefficient (Wildman–Crippen LogP) is -3.00. The molecule has 16 nitrogen and oxygen atoms in total. The highest BCUT2D eigenvalue weighted by Gasteiger charge is 2.45. The molecule has 0 bridgehead atoms. The first-order valence-corrected chi connectivity index (χ1v) is 10.6. The molecule has 0 spiro atoms. The van der Waals surface area contributed by atoms with Crippen molar-refractivity contribution >= 4 is 33.3 Å². The van der Waals surface area contributed by atoms with Crippen molar-refractivity contribution in [1.82, 2.24) is 29.8 Å². The Bertz CT molecular complexity index is 1040. The first kappa shape index (κ1) is 25.7. The van der Waals surface area contributed by atoms with E-state index < -0.39 is 34.9 Å². The van der Waals surface area contributed by atoms with Crippen molar-refractivity contribution in [3.8, 4) is 0 Å². The van der Waals surface area contributed by atoms with Gasteiger partial charge in [0.15, 0.2) is 23.2 Å². The second kappa shape index (κ2) is 10.4. The predicted molar refractivity (Wildman–Crippen MR) is 109 cm³/mol. The molecule has 1 aliphatic heterocycles. The van der Waals surface area contributed by atoms with Gasteiger partial charge in [0.2, 0.25) is 5.91 Å². The number of aliphatic hydroxyl groups excluding tert-OH is 2. The van der Waals surface area contributed by atoms with Crippen LogP contribution in [-0.2, 0) is 19.9 Å². The molecule has 1 fully saturated rings. The van der Waals surface area contributed by atoms with Crippen LogP contribution in [0.4, 0.5) is 5.82 Å². The fourth-order valence-electron chi connectivity index (χ4n) is 3.20. The second-order valence-electron chi connectivity index (χ2n) is 7.03. The van der Waals surface area contributed by atoms with E-state index in [4.69, 9.17) is 33.8 Å². The van der Waals surface area contributed by atoms with Crippen molar-refractivity contribution in [1.29, 1.82) is 0 Å². The third kappa shape index (κ3) is 6.50. The number of nitrogens with zero attached hydrogens (tertiary/aromatic N) is 5. The molecule has 17 heteroatoms. The van der Waals surface area contributed by atoms with E-state index in [2.05, 4.69) is 20.4 Å². The van der Waals surface area contributed by atoms with Crippen molar-refractivity contribution in [2.24, 2.45) is 5.84 Å². The molecule has 180 valence electrons. The lowest BCUT2D eigenvalue weighted by molar-refractivity contribution is -0.121. The van der Waals surface area contributed by atoms with Crippen molar-refractivity contribution in [3.05, 3.63) is 12.2 Å². The van der Waals surface area contributed by atoms with Crippen LogP contribution in [0.1, 0.15) is 18.5 Å². The lowest BCUT2D eigenvalue weighted by Gasteiger charge is -2.22. The van der Waals surface area contributed by atoms with Gasteiger partial charge in [0.25, 0.3) is 0 Å². The molecule has 0 aromatic carbocycles. The van der Waals surface area contributed by atoms with E-state index in [1.54, 1.807) is 18.5 Å². The number of aromatic nitrogens is 4. The molecule has 0 radical (unpaired) electrons. The van der Waals surface area contributed by atoms with Gasteiger partial charge in [0.1, 0.15) is 30.5 Å². The van der Waals surface area contributed by atoms with Gasteiger partial charge in [-0.15, -0.1) is 0 Å². The zero-order chi connectivity index (χ0) is 24.2. The van der Waals surface area contributed by atoms with Crippen LogP contribution in [0, 0.1) is 6.92 Å². The van der Waals surface area contributed by atoms with Gasteiger partial charge < -0.3 is 25.6 Å². The molecule has 0 aliphatic carbocycles. The van der Waals surface area contributed by atoms with Crippen molar-refractivity contribution in [3.63, 3.8) is 0 Å². The van der Waals surface area contributed by atoms with Crippen LogP contribution in [0.2, 0.25) is 0 Å². The summed E-state index contributed by atoms with van der Waals surface area (Å²) in [5.74, 6) is 5.53. The number of nitrogens with two attached hydrogens (primary N) is 2. The Kier molecular flexibility index (Phi) is 8.37. The third-order valence-corrected chi connectivity index (χ3v) is 4.65. The average Bonchev–Trinajstić information content (AvgIpc) is 3.16. The average molecular weight is 478 g/mol. The first-order valence-electron chi connectivity index (χ1n) is 9.18. The molecule has 0 unspecified atom stereocenters. The second-order valence-corrected chi connectivity index (χ2v) is 7.93. The summed E-state index contributed by atoms with van der Waals surface area (Å²) in [4.78, 5) is 25.5. The lowest BCUT2D eigenvalue weighted by Crippen LogP contribution is -2.40. The number of nitrogen functional groups attached to an aromatic ring is 1. The summed E-state index contributed by atoms with van der Waals surface area (Å²) in [5, 5.41) is 20.9. The molecule has 0 saturated carbocycles. The fraction of sp³-hybridized carbons (Fsp3) is 0.600. The van der Waals surface area contributed by atoms with Gasteiger partial charge in [0, 0.05) is 19.5 Å². The Hall–Kier alpha value is -2.51. The SMILES string of the molecule is Cc1nc2c(N)ncnc2n1[C@@H]1O[C@H](CN(C)CCC(=O)NN)[C@@H](O)[C@H]1O.O=S(=O)(O)O. The van der Waals surface area contributed by atoms with E-state index in [0.717, 1.165) is 0 Å². The molecule has 4 atom stereocenters. The molecule has 3 rings (SSSR count). The van der Waals surface area contributed by atoms with E-state index in [-0.39, 0.29) is 18.1 Å². The van der Waals surface area contributed by atoms with Gasteiger partial charge in [-0.1, -0.05) is 0 Å². The standard InChI is InChI=1S/C15H24N8O4.H2O4S/c1-7-20-10-13(16)18-6-19-14(10)23(7)15-12(26)11(25)8(27-15)5-22(2)4-3-9(24)21-17;1-5(2,3)4/h6,8,11-12,15,25-26H,3-5,17H2,1-2H3,(H,21,24)(H2,16,18,19);(H2,1,2,3,4)/t8-,11-,12-,15-;/m1./s1. The Balaban J connectivity index is 0.000000654. The summed E-state index contributed by atoms with van der Waals surface area (Å²) in [6.07, 6.45) is -2.30. The van der Waals surface area contributed by atoms with Crippen LogP contribution < -0.4 is 17.0 Å². The monoisotopic (exact) mass is 478 g/mol. The minimum Gasteiger partial charge on any atom is -0.387 e. The maximum absolute atomic E-state index is 11.3. The number of amides is 1. The summed E-state index contributed by atoms with van der Waals surface area (Å²) >= 11 is 0. The quantitative estimate of drug-likeness (QED) is 0.0945. The van der Waals surface area contributed by atoms with Gasteiger partial charge in [-0.3, -0.25) is 23.9 Å². The van der Waals surface area contributed by atoms with Crippen LogP contribution >= 0.6 is 0 Å². The lowest BCUT2D eigenvalue weighted by atomic mass is 10.1. The Morgan fingerprint density at radius 2 is 1.94 bits per heavy atom. The van der Waals surface area contributed by atoms with Gasteiger partial charge in [-0.25, -0.2) is 20.8 Å². The summed E-state index contributed by atoms with van der Waals surface area (Å²) in [5.41, 5.74) is 8.73. The molecule has 9 N–H and O–H groups in total. The number of ether oxygens (including phenoxy) is 1. The van der Waals surface area contributed by atoms with E-state index >= 15 is 0 Å². The van der Waals surface area contributed by atoms with E-state index in [9.17, 15) is 15.0 Å². The van der Waals surface area contributed by atoms with Gasteiger partial charge in [-0.2, -0.15) is 8.42 Å². The van der Waals surface area contributed by atoms with E-state index in [0.29, 0.717) is 30.1 Å². The number of nitrogens with one attached hydrogen (secondary N) is 1. The maximum Gasteiger partial charge on any atom is 0.394 e. The number of fused-ring (bicyclic) bond motifs is 1. The summed E-state index contributed by atoms with van der Waals surface area (Å²) in [6.45, 7) is 2.47. The minimum atomic E-state index is -4.67. The van der Waals surface area contributed by atoms with E-state index in [1.165, 1.54) is 6.33 Å². The zero-order valence-corrected chi connectivity index (χ0v) is 18.0. The molecular weight excluding hydrogens is 452 g/mol. The summed E-state index contributed by atoms with van der Waals surface area (Å²) in [6, 6.07) is 0. The van der Waals surface area contributed by atoms with E-state index in [1.807, 2.05) is 4.90 Å². The van der Waals surface area contributed by atoms with Crippen LogP contribution in [0.3, 0.4) is 0 Å². The molecule has 3 heterocycles. The minimum absolute atomic E-state index is 0.212. The molecule has 2 aromatic heterocycles. The molecule has 2 aromatic rings. The van der Waals surface area contributed by atoms with Gasteiger partial charge in [-0.05, 0) is 14.0 Å². The Morgan fingerprint density at radius 1 is 1.31 bits per heavy atom. The number of rotatable bonds is 6. The smallest absolute Gasteiger partial charge is 0.387 e. The van der Waals surface area contributed by atoms with Gasteiger partial charge >= 0.3 is 10.4 Å². The largest absolute Gasteiger partial charge is 0.394 e. The number of hydrogen-bond donors (Lipinski definition) is 7. The van der Waals surface area contributed by atoms with Crippen molar-refractivity contribution in [2.75, 3.05) is 25.9 Å². The van der Waals surface area contributed by atoms with Crippen LogP contribution in [0.25, 0.3) is 11.2 Å². The zero-order valence-electron chi connectivity index (χ0n) is 17.2. The number of likely N-dealkylation sites (N-methyl/N-ethyl adjacent to an activating group) is 1. The third-order valence-electron chi connectivity index (χ3n) is 4.65. The number of aryl methyl sites for hydroxylation is 1. The number of carbonyl (C=O) groups excluding carboxylic acids is 1. The molecular formula is C15H26N8O8S. The van der Waals surface area contributed by atoms with Crippen molar-refractivity contribution in [2.45, 2.75) is 37.9 Å². The maximum atomic E-state index is 11.3. The molecule has 32 heavy (non-hydrogen) atoms. The number of anilines is 1. The summed E-state index contributed by atoms with van der Waals surface area (Å²) < 4.78 is 39.1. The van der Waals surface area contributed by atoms with Gasteiger partial charge in [0.05, 0.1) is 0 Å². The highest BCUT2D eigenvalue weighted by molar-refractivity contribution is 7.79. The topological polar surface area (TPSA) is 252 Å². The molecule has 1 aliphatic rings. The fourth-order valence-corrected chi connectivity index (χ4v) is 3.20. The number of imidazole rings is 1. The normalized spacial score (nSPS) is 23.2.